The standard InChI is InChI=1S/C15H23N3O/c1-4-19-10-15(11(2)3)18-13-5-6-14(17)12(9-13)7-8-16/h5-6,9,11,15,18H,4,7,10,17H2,1-3H3. The van der Waals surface area contributed by atoms with Crippen LogP contribution >= 0.6 is 0 Å². The molecule has 1 aromatic rings. The van der Waals surface area contributed by atoms with Crippen LogP contribution in [0.25, 0.3) is 0 Å². The smallest absolute Gasteiger partial charge is 0.0670 e. The van der Waals surface area contributed by atoms with Crippen molar-refractivity contribution < 1.29 is 4.74 Å². The second-order valence-electron chi connectivity index (χ2n) is 4.90. The van der Waals surface area contributed by atoms with Crippen LogP contribution in [0.4, 0.5) is 11.4 Å². The molecule has 0 saturated carbocycles. The van der Waals surface area contributed by atoms with Crippen LogP contribution in [0.5, 0.6) is 0 Å². The van der Waals surface area contributed by atoms with Crippen LogP contribution < -0.4 is 11.1 Å². The molecule has 0 fully saturated rings. The molecule has 0 spiro atoms. The summed E-state index contributed by atoms with van der Waals surface area (Å²) in [5.74, 6) is 0.462. The molecule has 4 heteroatoms. The molecule has 0 aliphatic heterocycles. The van der Waals surface area contributed by atoms with E-state index in [1.165, 1.54) is 0 Å². The van der Waals surface area contributed by atoms with E-state index in [-0.39, 0.29) is 6.04 Å². The Bertz CT molecular complexity index is 438. The largest absolute Gasteiger partial charge is 0.398 e. The SMILES string of the molecule is CCOCC(Nc1ccc(N)c(CC#N)c1)C(C)C. The Kier molecular flexibility index (Phi) is 6.17. The minimum absolute atomic E-state index is 0.249. The maximum atomic E-state index is 8.78. The number of nitriles is 1. The van der Waals surface area contributed by atoms with Crippen molar-refractivity contribution >= 4 is 11.4 Å². The summed E-state index contributed by atoms with van der Waals surface area (Å²) >= 11 is 0. The number of ether oxygens (including phenoxy) is 1. The first kappa shape index (κ1) is 15.3. The van der Waals surface area contributed by atoms with Crippen LogP contribution in [0.3, 0.4) is 0 Å². The molecule has 3 N–H and O–H groups in total. The fourth-order valence-corrected chi connectivity index (χ4v) is 1.79. The van der Waals surface area contributed by atoms with Gasteiger partial charge in [0, 0.05) is 18.0 Å². The molecule has 1 atom stereocenters. The third-order valence-electron chi connectivity index (χ3n) is 3.07. The molecule has 19 heavy (non-hydrogen) atoms. The summed E-state index contributed by atoms with van der Waals surface area (Å²) in [7, 11) is 0. The predicted molar refractivity (Wildman–Crippen MR) is 78.9 cm³/mol. The number of anilines is 2. The highest BCUT2D eigenvalue weighted by Crippen LogP contribution is 2.20. The summed E-state index contributed by atoms with van der Waals surface area (Å²) < 4.78 is 5.49. The zero-order valence-electron chi connectivity index (χ0n) is 11.9. The number of nitrogen functional groups attached to an aromatic ring is 1. The van der Waals surface area contributed by atoms with Gasteiger partial charge in [-0.25, -0.2) is 0 Å². The Morgan fingerprint density at radius 2 is 2.16 bits per heavy atom. The highest BCUT2D eigenvalue weighted by atomic mass is 16.5. The zero-order chi connectivity index (χ0) is 14.3. The third-order valence-corrected chi connectivity index (χ3v) is 3.07. The van der Waals surface area contributed by atoms with Gasteiger partial charge in [-0.05, 0) is 36.6 Å². The molecule has 0 aliphatic rings. The Morgan fingerprint density at radius 1 is 1.42 bits per heavy atom. The number of hydrogen-bond donors (Lipinski definition) is 2. The average molecular weight is 261 g/mol. The predicted octanol–water partition coefficient (Wildman–Crippen LogP) is 2.81. The third kappa shape index (κ3) is 4.80. The van der Waals surface area contributed by atoms with Crippen LogP contribution in [0, 0.1) is 17.2 Å². The van der Waals surface area contributed by atoms with E-state index in [0.29, 0.717) is 31.2 Å². The van der Waals surface area contributed by atoms with E-state index >= 15 is 0 Å². The van der Waals surface area contributed by atoms with Gasteiger partial charge in [0.2, 0.25) is 0 Å². The number of hydrogen-bond acceptors (Lipinski definition) is 4. The first-order valence-electron chi connectivity index (χ1n) is 6.68. The number of nitrogens with two attached hydrogens (primary N) is 1. The summed E-state index contributed by atoms with van der Waals surface area (Å²) in [6.45, 7) is 7.69. The monoisotopic (exact) mass is 261 g/mol. The quantitative estimate of drug-likeness (QED) is 0.740. The molecule has 0 radical (unpaired) electrons. The topological polar surface area (TPSA) is 71.1 Å². The fourth-order valence-electron chi connectivity index (χ4n) is 1.79. The minimum atomic E-state index is 0.249. The van der Waals surface area contributed by atoms with Crippen LogP contribution in [-0.2, 0) is 11.2 Å². The second kappa shape index (κ2) is 7.65. The lowest BCUT2D eigenvalue weighted by molar-refractivity contribution is 0.127. The molecule has 1 aromatic carbocycles. The highest BCUT2D eigenvalue weighted by Gasteiger charge is 2.13. The molecular weight excluding hydrogens is 238 g/mol. The summed E-state index contributed by atoms with van der Waals surface area (Å²) in [6, 6.07) is 8.11. The van der Waals surface area contributed by atoms with Crippen molar-refractivity contribution in [2.75, 3.05) is 24.3 Å². The van der Waals surface area contributed by atoms with E-state index < -0.39 is 0 Å². The summed E-state index contributed by atoms with van der Waals surface area (Å²) in [6.07, 6.45) is 0.332. The van der Waals surface area contributed by atoms with Gasteiger partial charge in [-0.2, -0.15) is 5.26 Å². The van der Waals surface area contributed by atoms with Crippen molar-refractivity contribution in [3.63, 3.8) is 0 Å². The van der Waals surface area contributed by atoms with Gasteiger partial charge in [-0.15, -0.1) is 0 Å². The molecule has 0 saturated heterocycles. The zero-order valence-corrected chi connectivity index (χ0v) is 11.9. The fraction of sp³-hybridized carbons (Fsp3) is 0.533. The first-order chi connectivity index (χ1) is 9.08. The minimum Gasteiger partial charge on any atom is -0.398 e. The Balaban J connectivity index is 2.79. The number of rotatable bonds is 7. The maximum absolute atomic E-state index is 8.78. The van der Waals surface area contributed by atoms with Gasteiger partial charge in [-0.3, -0.25) is 0 Å². The van der Waals surface area contributed by atoms with E-state index in [4.69, 9.17) is 15.7 Å². The van der Waals surface area contributed by atoms with Crippen LogP contribution in [0.15, 0.2) is 18.2 Å². The molecule has 0 aromatic heterocycles. The number of nitrogens with zero attached hydrogens (tertiary/aromatic N) is 1. The van der Waals surface area contributed by atoms with Gasteiger partial charge in [-0.1, -0.05) is 13.8 Å². The molecule has 1 unspecified atom stereocenters. The number of benzene rings is 1. The Hall–Kier alpha value is -1.73. The van der Waals surface area contributed by atoms with Crippen molar-refractivity contribution in [1.29, 1.82) is 5.26 Å². The lowest BCUT2D eigenvalue weighted by Gasteiger charge is -2.23. The van der Waals surface area contributed by atoms with Gasteiger partial charge in [0.05, 0.1) is 25.1 Å². The summed E-state index contributed by atoms with van der Waals surface area (Å²) in [5.41, 5.74) is 8.36. The second-order valence-corrected chi connectivity index (χ2v) is 4.90. The molecule has 0 amide bonds. The normalized spacial score (nSPS) is 12.2. The molecule has 0 aliphatic carbocycles. The molecular formula is C15H23N3O. The van der Waals surface area contributed by atoms with Crippen LogP contribution in [0.2, 0.25) is 0 Å². The molecule has 1 rings (SSSR count). The highest BCUT2D eigenvalue weighted by molar-refractivity contribution is 5.58. The van der Waals surface area contributed by atoms with Gasteiger partial charge >= 0.3 is 0 Å². The molecule has 0 heterocycles. The summed E-state index contributed by atoms with van der Waals surface area (Å²) in [4.78, 5) is 0. The van der Waals surface area contributed by atoms with Gasteiger partial charge < -0.3 is 15.8 Å². The Morgan fingerprint density at radius 3 is 2.74 bits per heavy atom. The van der Waals surface area contributed by atoms with Gasteiger partial charge in [0.25, 0.3) is 0 Å². The molecule has 0 bridgehead atoms. The van der Waals surface area contributed by atoms with Crippen molar-refractivity contribution in [2.24, 2.45) is 5.92 Å². The average Bonchev–Trinajstić information content (AvgIpc) is 2.38. The lowest BCUT2D eigenvalue weighted by atomic mass is 10.0. The van der Waals surface area contributed by atoms with E-state index in [2.05, 4.69) is 25.2 Å². The van der Waals surface area contributed by atoms with Crippen LogP contribution in [0.1, 0.15) is 26.3 Å². The summed E-state index contributed by atoms with van der Waals surface area (Å²) in [5, 5.41) is 12.2. The van der Waals surface area contributed by atoms with E-state index in [0.717, 1.165) is 11.3 Å². The van der Waals surface area contributed by atoms with Gasteiger partial charge in [0.15, 0.2) is 0 Å². The number of nitrogens with one attached hydrogen (secondary N) is 1. The Labute approximate surface area is 115 Å². The molecule has 4 nitrogen and oxygen atoms in total. The van der Waals surface area contributed by atoms with Crippen molar-refractivity contribution in [2.45, 2.75) is 33.2 Å². The first-order valence-corrected chi connectivity index (χ1v) is 6.68. The van der Waals surface area contributed by atoms with E-state index in [1.807, 2.05) is 25.1 Å². The maximum Gasteiger partial charge on any atom is 0.0670 e. The van der Waals surface area contributed by atoms with Crippen LogP contribution in [-0.4, -0.2) is 19.3 Å². The van der Waals surface area contributed by atoms with Crippen molar-refractivity contribution in [3.05, 3.63) is 23.8 Å². The van der Waals surface area contributed by atoms with E-state index in [1.54, 1.807) is 0 Å². The van der Waals surface area contributed by atoms with Gasteiger partial charge in [0.1, 0.15) is 0 Å². The lowest BCUT2D eigenvalue weighted by Crippen LogP contribution is -2.31. The van der Waals surface area contributed by atoms with Crippen molar-refractivity contribution in [3.8, 4) is 6.07 Å². The van der Waals surface area contributed by atoms with E-state index in [9.17, 15) is 0 Å². The molecule has 104 valence electrons. The van der Waals surface area contributed by atoms with Crippen molar-refractivity contribution in [1.82, 2.24) is 0 Å².